The molecule has 0 amide bonds. The van der Waals surface area contributed by atoms with Gasteiger partial charge in [-0.3, -0.25) is 0 Å². The highest BCUT2D eigenvalue weighted by Crippen LogP contribution is 2.59. The van der Waals surface area contributed by atoms with E-state index in [4.69, 9.17) is 0 Å². The largest absolute Gasteiger partial charge is 0.309 e. The molecule has 4 aliphatic carbocycles. The number of halogens is 1. The summed E-state index contributed by atoms with van der Waals surface area (Å²) in [5.41, 5.74) is 0. The Balaban J connectivity index is 1.62. The Morgan fingerprint density at radius 3 is 2.38 bits per heavy atom. The van der Waals surface area contributed by atoms with Crippen molar-refractivity contribution in [1.29, 1.82) is 0 Å². The summed E-state index contributed by atoms with van der Waals surface area (Å²) in [7, 11) is 0. The van der Waals surface area contributed by atoms with Gasteiger partial charge in [0.15, 0.2) is 0 Å². The summed E-state index contributed by atoms with van der Waals surface area (Å²) < 4.78 is 1.33. The Morgan fingerprint density at radius 1 is 1.19 bits per heavy atom. The maximum absolute atomic E-state index is 3.92. The van der Waals surface area contributed by atoms with Crippen LogP contribution in [0.15, 0.2) is 15.9 Å². The van der Waals surface area contributed by atoms with Crippen LogP contribution in [0.25, 0.3) is 0 Å². The van der Waals surface area contributed by atoms with Gasteiger partial charge in [-0.1, -0.05) is 6.92 Å². The highest BCUT2D eigenvalue weighted by atomic mass is 79.9. The lowest BCUT2D eigenvalue weighted by Crippen LogP contribution is -2.49. The molecule has 4 aliphatic rings. The van der Waals surface area contributed by atoms with Crippen molar-refractivity contribution in [3.8, 4) is 0 Å². The van der Waals surface area contributed by atoms with Gasteiger partial charge in [-0.05, 0) is 102 Å². The monoisotopic (exact) mass is 367 g/mol. The van der Waals surface area contributed by atoms with Crippen LogP contribution in [0.1, 0.15) is 56.4 Å². The van der Waals surface area contributed by atoms with Gasteiger partial charge in [0.05, 0.1) is 0 Å². The SMILES string of the molecule is CCCNC(c1sccc1Br)C1C2CC3CC(C2)CC1C3. The summed E-state index contributed by atoms with van der Waals surface area (Å²) in [6, 6.07) is 2.82. The molecule has 1 heterocycles. The zero-order valence-corrected chi connectivity index (χ0v) is 15.3. The summed E-state index contributed by atoms with van der Waals surface area (Å²) in [5, 5.41) is 6.17. The zero-order valence-electron chi connectivity index (χ0n) is 12.9. The van der Waals surface area contributed by atoms with E-state index in [9.17, 15) is 0 Å². The second-order valence-electron chi connectivity index (χ2n) is 7.57. The first-order chi connectivity index (χ1) is 10.3. The predicted octanol–water partition coefficient (Wildman–Crippen LogP) is 5.62. The van der Waals surface area contributed by atoms with Crippen molar-refractivity contribution in [2.45, 2.75) is 51.5 Å². The minimum atomic E-state index is 0.592. The van der Waals surface area contributed by atoms with Crippen molar-refractivity contribution < 1.29 is 0 Å². The van der Waals surface area contributed by atoms with E-state index < -0.39 is 0 Å². The number of thiophene rings is 1. The van der Waals surface area contributed by atoms with Crippen LogP contribution in [0.2, 0.25) is 0 Å². The van der Waals surface area contributed by atoms with Crippen LogP contribution in [-0.2, 0) is 0 Å². The van der Waals surface area contributed by atoms with Gasteiger partial charge in [0.2, 0.25) is 0 Å². The van der Waals surface area contributed by atoms with Gasteiger partial charge < -0.3 is 5.32 Å². The average Bonchev–Trinajstić information content (AvgIpc) is 2.87. The van der Waals surface area contributed by atoms with E-state index in [1.54, 1.807) is 11.3 Å². The Labute approximate surface area is 141 Å². The van der Waals surface area contributed by atoms with Crippen LogP contribution in [0.5, 0.6) is 0 Å². The highest BCUT2D eigenvalue weighted by molar-refractivity contribution is 9.10. The fourth-order valence-electron chi connectivity index (χ4n) is 5.74. The second kappa shape index (κ2) is 5.98. The topological polar surface area (TPSA) is 12.0 Å². The van der Waals surface area contributed by atoms with E-state index >= 15 is 0 Å². The standard InChI is InChI=1S/C18H26BrNS/c1-2-4-20-17(18-15(19)3-5-21-18)16-13-7-11-6-12(9-13)10-14(16)8-11/h3,5,11-14,16-17,20H,2,4,6-10H2,1H3. The van der Waals surface area contributed by atoms with Crippen LogP contribution in [0.3, 0.4) is 0 Å². The molecule has 1 nitrogen and oxygen atoms in total. The maximum Gasteiger partial charge on any atom is 0.0460 e. The van der Waals surface area contributed by atoms with E-state index in [-0.39, 0.29) is 0 Å². The van der Waals surface area contributed by atoms with Crippen molar-refractivity contribution in [1.82, 2.24) is 5.32 Å². The average molecular weight is 368 g/mol. The molecular weight excluding hydrogens is 342 g/mol. The Hall–Kier alpha value is 0.140. The van der Waals surface area contributed by atoms with Gasteiger partial charge in [0.25, 0.3) is 0 Å². The van der Waals surface area contributed by atoms with E-state index in [0.717, 1.165) is 36.1 Å². The zero-order chi connectivity index (χ0) is 14.4. The first-order valence-corrected chi connectivity index (χ1v) is 10.4. The molecule has 4 fully saturated rings. The maximum atomic E-state index is 3.92. The number of nitrogens with one attached hydrogen (secondary N) is 1. The molecular formula is C18H26BrNS. The third kappa shape index (κ3) is 2.64. The van der Waals surface area contributed by atoms with Crippen molar-refractivity contribution >= 4 is 27.3 Å². The number of hydrogen-bond donors (Lipinski definition) is 1. The van der Waals surface area contributed by atoms with Gasteiger partial charge in [0, 0.05) is 15.4 Å². The van der Waals surface area contributed by atoms with E-state index in [1.165, 1.54) is 36.6 Å². The predicted molar refractivity (Wildman–Crippen MR) is 93.6 cm³/mol. The van der Waals surface area contributed by atoms with Crippen LogP contribution in [0.4, 0.5) is 0 Å². The third-order valence-corrected chi connectivity index (χ3v) is 8.18. The minimum absolute atomic E-state index is 0.592. The van der Waals surface area contributed by atoms with Crippen molar-refractivity contribution in [3.05, 3.63) is 20.8 Å². The lowest BCUT2D eigenvalue weighted by atomic mass is 9.50. The molecule has 1 aromatic rings. The highest BCUT2D eigenvalue weighted by Gasteiger charge is 2.51. The lowest BCUT2D eigenvalue weighted by molar-refractivity contribution is -0.0520. The van der Waals surface area contributed by atoms with Gasteiger partial charge in [0.1, 0.15) is 0 Å². The fraction of sp³-hybridized carbons (Fsp3) is 0.778. The quantitative estimate of drug-likeness (QED) is 0.711. The molecule has 4 bridgehead atoms. The second-order valence-corrected chi connectivity index (χ2v) is 9.37. The Bertz CT molecular complexity index is 469. The number of hydrogen-bond acceptors (Lipinski definition) is 2. The Kier molecular flexibility index (Phi) is 4.19. The summed E-state index contributed by atoms with van der Waals surface area (Å²) in [5.74, 6) is 5.01. The van der Waals surface area contributed by atoms with Crippen LogP contribution < -0.4 is 5.32 Å². The molecule has 116 valence electrons. The fourth-order valence-corrected chi connectivity index (χ4v) is 7.49. The smallest absolute Gasteiger partial charge is 0.0460 e. The van der Waals surface area contributed by atoms with Crippen LogP contribution in [0, 0.1) is 29.6 Å². The summed E-state index contributed by atoms with van der Waals surface area (Å²) >= 11 is 5.74. The number of rotatable bonds is 5. The van der Waals surface area contributed by atoms with E-state index in [0.29, 0.717) is 6.04 Å². The lowest BCUT2D eigenvalue weighted by Gasteiger charge is -2.56. The molecule has 21 heavy (non-hydrogen) atoms. The minimum Gasteiger partial charge on any atom is -0.309 e. The van der Waals surface area contributed by atoms with E-state index in [2.05, 4.69) is 39.6 Å². The molecule has 0 spiro atoms. The van der Waals surface area contributed by atoms with E-state index in [1.807, 2.05) is 11.3 Å². The normalized spacial score (nSPS) is 38.9. The summed E-state index contributed by atoms with van der Waals surface area (Å²) in [6.45, 7) is 3.43. The molecule has 4 saturated carbocycles. The van der Waals surface area contributed by atoms with Crippen molar-refractivity contribution in [2.75, 3.05) is 6.54 Å². The van der Waals surface area contributed by atoms with Gasteiger partial charge in [-0.2, -0.15) is 0 Å². The van der Waals surface area contributed by atoms with Crippen LogP contribution in [-0.4, -0.2) is 6.54 Å². The van der Waals surface area contributed by atoms with Gasteiger partial charge >= 0.3 is 0 Å². The third-order valence-electron chi connectivity index (χ3n) is 6.23. The molecule has 3 heteroatoms. The Morgan fingerprint density at radius 2 is 1.86 bits per heavy atom. The first-order valence-electron chi connectivity index (χ1n) is 8.72. The molecule has 0 radical (unpaired) electrons. The van der Waals surface area contributed by atoms with Crippen molar-refractivity contribution in [2.24, 2.45) is 29.6 Å². The molecule has 0 aromatic carbocycles. The molecule has 1 atom stereocenters. The van der Waals surface area contributed by atoms with Crippen LogP contribution >= 0.6 is 27.3 Å². The van der Waals surface area contributed by atoms with Gasteiger partial charge in [-0.25, -0.2) is 0 Å². The molecule has 1 unspecified atom stereocenters. The first kappa shape index (κ1) is 14.7. The summed E-state index contributed by atoms with van der Waals surface area (Å²) in [4.78, 5) is 1.56. The summed E-state index contributed by atoms with van der Waals surface area (Å²) in [6.07, 6.45) is 8.86. The molecule has 0 aliphatic heterocycles. The molecule has 5 rings (SSSR count). The molecule has 1 aromatic heterocycles. The molecule has 1 N–H and O–H groups in total. The molecule has 0 saturated heterocycles. The van der Waals surface area contributed by atoms with Crippen molar-refractivity contribution in [3.63, 3.8) is 0 Å². The van der Waals surface area contributed by atoms with Gasteiger partial charge in [-0.15, -0.1) is 11.3 Å².